The minimum absolute atomic E-state index is 0.0318. The first kappa shape index (κ1) is 13.6. The predicted molar refractivity (Wildman–Crippen MR) is 74.6 cm³/mol. The van der Waals surface area contributed by atoms with Crippen molar-refractivity contribution in [3.05, 3.63) is 24.0 Å². The van der Waals surface area contributed by atoms with Crippen molar-refractivity contribution < 1.29 is 4.74 Å². The van der Waals surface area contributed by atoms with Crippen LogP contribution in [-0.2, 0) is 17.8 Å². The van der Waals surface area contributed by atoms with E-state index in [1.165, 1.54) is 12.0 Å². The van der Waals surface area contributed by atoms with E-state index >= 15 is 0 Å². The van der Waals surface area contributed by atoms with Gasteiger partial charge < -0.3 is 14.6 Å². The third-order valence-corrected chi connectivity index (χ3v) is 3.59. The molecule has 1 aromatic rings. The number of rotatable bonds is 5. The summed E-state index contributed by atoms with van der Waals surface area (Å²) in [5, 5.41) is 3.66. The van der Waals surface area contributed by atoms with Gasteiger partial charge in [0.05, 0.1) is 5.60 Å². The zero-order valence-electron chi connectivity index (χ0n) is 11.9. The van der Waals surface area contributed by atoms with Crippen molar-refractivity contribution >= 4 is 0 Å². The summed E-state index contributed by atoms with van der Waals surface area (Å²) in [6, 6.07) is 2.80. The Bertz CT molecular complexity index is 370. The van der Waals surface area contributed by atoms with Crippen LogP contribution in [0.2, 0.25) is 0 Å². The highest BCUT2D eigenvalue weighted by molar-refractivity contribution is 5.10. The molecule has 2 heterocycles. The van der Waals surface area contributed by atoms with Gasteiger partial charge in [-0.25, -0.2) is 0 Å². The third kappa shape index (κ3) is 3.85. The highest BCUT2D eigenvalue weighted by atomic mass is 16.5. The number of nitrogens with one attached hydrogen (secondary N) is 1. The van der Waals surface area contributed by atoms with Gasteiger partial charge in [-0.3, -0.25) is 0 Å². The van der Waals surface area contributed by atoms with Crippen molar-refractivity contribution in [3.63, 3.8) is 0 Å². The predicted octanol–water partition coefficient (Wildman–Crippen LogP) is 2.95. The molecule has 2 rings (SSSR count). The lowest BCUT2D eigenvalue weighted by Crippen LogP contribution is -2.43. The lowest BCUT2D eigenvalue weighted by atomic mass is 9.94. The molecule has 0 saturated carbocycles. The van der Waals surface area contributed by atoms with Gasteiger partial charge >= 0.3 is 0 Å². The van der Waals surface area contributed by atoms with Gasteiger partial charge in [-0.1, -0.05) is 6.92 Å². The van der Waals surface area contributed by atoms with Gasteiger partial charge in [0.15, 0.2) is 0 Å². The molecule has 1 saturated heterocycles. The van der Waals surface area contributed by atoms with Gasteiger partial charge in [0, 0.05) is 38.1 Å². The molecule has 1 aliphatic heterocycles. The Morgan fingerprint density at radius 2 is 2.33 bits per heavy atom. The molecule has 0 aliphatic carbocycles. The normalized spacial score (nSPS) is 23.2. The Morgan fingerprint density at radius 3 is 3.06 bits per heavy atom. The van der Waals surface area contributed by atoms with E-state index in [2.05, 4.69) is 49.1 Å². The van der Waals surface area contributed by atoms with E-state index in [9.17, 15) is 0 Å². The molecule has 3 nitrogen and oxygen atoms in total. The second-order valence-corrected chi connectivity index (χ2v) is 5.94. The molecule has 3 heteroatoms. The number of aromatic nitrogens is 1. The summed E-state index contributed by atoms with van der Waals surface area (Å²) in [6.45, 7) is 9.53. The molecule has 102 valence electrons. The summed E-state index contributed by atoms with van der Waals surface area (Å²) in [7, 11) is 0. The number of aryl methyl sites for hydroxylation is 1. The summed E-state index contributed by atoms with van der Waals surface area (Å²) in [5.74, 6) is 0. The average Bonchev–Trinajstić information content (AvgIpc) is 2.74. The summed E-state index contributed by atoms with van der Waals surface area (Å²) in [6.07, 6.45) is 7.84. The second-order valence-electron chi connectivity index (χ2n) is 5.94. The van der Waals surface area contributed by atoms with Crippen LogP contribution < -0.4 is 5.32 Å². The van der Waals surface area contributed by atoms with Crippen molar-refractivity contribution in [1.29, 1.82) is 0 Å². The van der Waals surface area contributed by atoms with Crippen LogP contribution in [0, 0.1) is 0 Å². The minimum atomic E-state index is 0.0318. The highest BCUT2D eigenvalue weighted by Crippen LogP contribution is 2.24. The monoisotopic (exact) mass is 250 g/mol. The van der Waals surface area contributed by atoms with Crippen molar-refractivity contribution in [1.82, 2.24) is 9.88 Å². The Labute approximate surface area is 111 Å². The fourth-order valence-electron chi connectivity index (χ4n) is 2.66. The summed E-state index contributed by atoms with van der Waals surface area (Å²) < 4.78 is 8.01. The first-order chi connectivity index (χ1) is 8.59. The maximum atomic E-state index is 5.74. The molecule has 1 atom stereocenters. The number of hydrogen-bond acceptors (Lipinski definition) is 2. The SMILES string of the molecule is CCCn1ccc(CNC2CCOC(C)(C)C2)c1. The molecule has 1 N–H and O–H groups in total. The van der Waals surface area contributed by atoms with Crippen LogP contribution in [0.5, 0.6) is 0 Å². The van der Waals surface area contributed by atoms with Crippen LogP contribution in [0.1, 0.15) is 45.6 Å². The molecule has 0 radical (unpaired) electrons. The Kier molecular flexibility index (Phi) is 4.46. The highest BCUT2D eigenvalue weighted by Gasteiger charge is 2.28. The lowest BCUT2D eigenvalue weighted by Gasteiger charge is -2.35. The van der Waals surface area contributed by atoms with E-state index in [1.54, 1.807) is 0 Å². The fourth-order valence-corrected chi connectivity index (χ4v) is 2.66. The molecule has 18 heavy (non-hydrogen) atoms. The van der Waals surface area contributed by atoms with Crippen molar-refractivity contribution in [3.8, 4) is 0 Å². The van der Waals surface area contributed by atoms with E-state index in [4.69, 9.17) is 4.74 Å². The number of ether oxygens (including phenoxy) is 1. The molecule has 0 aromatic carbocycles. The largest absolute Gasteiger partial charge is 0.375 e. The summed E-state index contributed by atoms with van der Waals surface area (Å²) in [4.78, 5) is 0. The maximum absolute atomic E-state index is 5.74. The lowest BCUT2D eigenvalue weighted by molar-refractivity contribution is -0.0630. The molecule has 0 spiro atoms. The van der Waals surface area contributed by atoms with E-state index in [1.807, 2.05) is 0 Å². The molecular formula is C15H26N2O. The van der Waals surface area contributed by atoms with E-state index < -0.39 is 0 Å². The number of nitrogens with zero attached hydrogens (tertiary/aromatic N) is 1. The van der Waals surface area contributed by atoms with Gasteiger partial charge in [-0.2, -0.15) is 0 Å². The second kappa shape index (κ2) is 5.89. The Balaban J connectivity index is 1.79. The van der Waals surface area contributed by atoms with Crippen molar-refractivity contribution in [2.45, 2.75) is 64.8 Å². The van der Waals surface area contributed by atoms with Gasteiger partial charge in [-0.05, 0) is 44.7 Å². The van der Waals surface area contributed by atoms with Crippen LogP contribution >= 0.6 is 0 Å². The minimum Gasteiger partial charge on any atom is -0.375 e. The van der Waals surface area contributed by atoms with Crippen LogP contribution in [-0.4, -0.2) is 22.8 Å². The standard InChI is InChI=1S/C15H26N2O/c1-4-7-17-8-5-13(12-17)11-16-14-6-9-18-15(2,3)10-14/h5,8,12,14,16H,4,6-7,9-11H2,1-3H3. The average molecular weight is 250 g/mol. The van der Waals surface area contributed by atoms with Crippen LogP contribution in [0.25, 0.3) is 0 Å². The van der Waals surface area contributed by atoms with Gasteiger partial charge in [0.25, 0.3) is 0 Å². The summed E-state index contributed by atoms with van der Waals surface area (Å²) >= 11 is 0. The van der Waals surface area contributed by atoms with Crippen molar-refractivity contribution in [2.75, 3.05) is 6.61 Å². The van der Waals surface area contributed by atoms with Crippen molar-refractivity contribution in [2.24, 2.45) is 0 Å². The molecule has 1 aliphatic rings. The Hall–Kier alpha value is -0.800. The van der Waals surface area contributed by atoms with Crippen LogP contribution in [0.15, 0.2) is 18.5 Å². The van der Waals surface area contributed by atoms with Crippen LogP contribution in [0.3, 0.4) is 0 Å². The fraction of sp³-hybridized carbons (Fsp3) is 0.733. The Morgan fingerprint density at radius 1 is 1.50 bits per heavy atom. The maximum Gasteiger partial charge on any atom is 0.0641 e. The van der Waals surface area contributed by atoms with Crippen LogP contribution in [0.4, 0.5) is 0 Å². The van der Waals surface area contributed by atoms with E-state index in [0.717, 1.165) is 32.5 Å². The van der Waals surface area contributed by atoms with Gasteiger partial charge in [0.2, 0.25) is 0 Å². The summed E-state index contributed by atoms with van der Waals surface area (Å²) in [5.41, 5.74) is 1.41. The zero-order chi connectivity index (χ0) is 13.0. The topological polar surface area (TPSA) is 26.2 Å². The first-order valence-corrected chi connectivity index (χ1v) is 7.11. The molecule has 1 aromatic heterocycles. The molecule has 0 bridgehead atoms. The van der Waals surface area contributed by atoms with E-state index in [0.29, 0.717) is 6.04 Å². The first-order valence-electron chi connectivity index (χ1n) is 7.11. The smallest absolute Gasteiger partial charge is 0.0641 e. The molecule has 1 fully saturated rings. The third-order valence-electron chi connectivity index (χ3n) is 3.59. The quantitative estimate of drug-likeness (QED) is 0.869. The molecule has 1 unspecified atom stereocenters. The zero-order valence-corrected chi connectivity index (χ0v) is 11.9. The van der Waals surface area contributed by atoms with E-state index in [-0.39, 0.29) is 5.60 Å². The number of hydrogen-bond donors (Lipinski definition) is 1. The molecular weight excluding hydrogens is 224 g/mol. The van der Waals surface area contributed by atoms with Gasteiger partial charge in [-0.15, -0.1) is 0 Å². The van der Waals surface area contributed by atoms with Gasteiger partial charge in [0.1, 0.15) is 0 Å². The molecule has 0 amide bonds.